The number of rotatable bonds is 1. The zero-order valence-electron chi connectivity index (χ0n) is 11.7. The van der Waals surface area contributed by atoms with Crippen LogP contribution in [0.15, 0.2) is 16.2 Å². The number of nitrogens with zero attached hydrogens (tertiary/aromatic N) is 3. The van der Waals surface area contributed by atoms with Gasteiger partial charge in [-0.3, -0.25) is 4.40 Å². The molecule has 2 atom stereocenters. The number of hydrogen-bond acceptors (Lipinski definition) is 3. The first-order valence-electron chi connectivity index (χ1n) is 7.28. The van der Waals surface area contributed by atoms with Gasteiger partial charge in [-0.15, -0.1) is 0 Å². The molecule has 1 saturated carbocycles. The Labute approximate surface area is 132 Å². The number of thiazole rings is 1. The second kappa shape index (κ2) is 5.53. The van der Waals surface area contributed by atoms with Crippen LogP contribution in [0.2, 0.25) is 12.6 Å². The summed E-state index contributed by atoms with van der Waals surface area (Å²) < 4.78 is 3.23. The zero-order valence-corrected chi connectivity index (χ0v) is 14.1. The Morgan fingerprint density at radius 2 is 2.10 bits per heavy atom. The molecule has 1 aliphatic carbocycles. The standard InChI is InChI=1S/C12H11BBrN3S.C2H6/c14-10-5-17-4-9(16-12(17)18-10)11-7-1-8(11)3-13(2-7)6-15;1-2/h4-5,7-8,11H,1-3H2;1-2H3. The van der Waals surface area contributed by atoms with Crippen LogP contribution >= 0.6 is 27.3 Å². The fourth-order valence-electron chi connectivity index (χ4n) is 3.72. The van der Waals surface area contributed by atoms with E-state index >= 15 is 0 Å². The lowest BCUT2D eigenvalue weighted by molar-refractivity contribution is 0.155. The van der Waals surface area contributed by atoms with Gasteiger partial charge in [0.15, 0.2) is 4.96 Å². The van der Waals surface area contributed by atoms with Crippen LogP contribution in [0.25, 0.3) is 4.96 Å². The lowest BCUT2D eigenvalue weighted by Crippen LogP contribution is -2.44. The van der Waals surface area contributed by atoms with E-state index in [0.717, 1.165) is 21.4 Å². The fourth-order valence-corrected chi connectivity index (χ4v) is 5.08. The minimum Gasteiger partial charge on any atom is -0.296 e. The number of halogens is 1. The molecule has 3 nitrogen and oxygen atoms in total. The first-order valence-corrected chi connectivity index (χ1v) is 8.89. The maximum atomic E-state index is 9.02. The second-order valence-corrected chi connectivity index (χ2v) is 7.86. The second-order valence-electron chi connectivity index (χ2n) is 5.47. The summed E-state index contributed by atoms with van der Waals surface area (Å²) in [4.78, 5) is 5.83. The fraction of sp³-hybridized carbons (Fsp3) is 0.571. The monoisotopic (exact) mass is 349 g/mol. The number of nitriles is 1. The van der Waals surface area contributed by atoms with E-state index in [1.54, 1.807) is 11.3 Å². The summed E-state index contributed by atoms with van der Waals surface area (Å²) in [6.45, 7) is 4.29. The topological polar surface area (TPSA) is 41.1 Å². The first-order chi connectivity index (χ1) is 9.74. The molecule has 4 heterocycles. The van der Waals surface area contributed by atoms with Crippen molar-refractivity contribution in [3.63, 3.8) is 0 Å². The SMILES string of the molecule is CC.N#CB1CC2CC(C1)C2c1cn2cc(Br)sc2n1. The Balaban J connectivity index is 0.000000581. The van der Waals surface area contributed by atoms with E-state index in [1.807, 2.05) is 13.8 Å². The van der Waals surface area contributed by atoms with Crippen LogP contribution < -0.4 is 0 Å². The van der Waals surface area contributed by atoms with Gasteiger partial charge in [-0.1, -0.05) is 37.8 Å². The normalized spacial score (nSPS) is 27.5. The van der Waals surface area contributed by atoms with Crippen molar-refractivity contribution in [3.05, 3.63) is 21.9 Å². The van der Waals surface area contributed by atoms with Crippen molar-refractivity contribution >= 4 is 38.9 Å². The molecule has 0 amide bonds. The van der Waals surface area contributed by atoms with Crippen LogP contribution in [-0.2, 0) is 0 Å². The molecular formula is C14H17BBrN3S. The molecule has 2 aromatic rings. The van der Waals surface area contributed by atoms with E-state index in [2.05, 4.69) is 38.7 Å². The number of hydrogen-bond donors (Lipinski definition) is 0. The summed E-state index contributed by atoms with van der Waals surface area (Å²) in [7, 11) is 0. The van der Waals surface area contributed by atoms with Gasteiger partial charge < -0.3 is 0 Å². The maximum absolute atomic E-state index is 9.02. The smallest absolute Gasteiger partial charge is 0.268 e. The van der Waals surface area contributed by atoms with Crippen LogP contribution in [-0.4, -0.2) is 16.1 Å². The van der Waals surface area contributed by atoms with Crippen molar-refractivity contribution < 1.29 is 0 Å². The molecule has 20 heavy (non-hydrogen) atoms. The predicted molar refractivity (Wildman–Crippen MR) is 87.4 cm³/mol. The Morgan fingerprint density at radius 1 is 1.40 bits per heavy atom. The molecule has 0 spiro atoms. The van der Waals surface area contributed by atoms with E-state index in [9.17, 15) is 0 Å². The minimum absolute atomic E-state index is 0.294. The van der Waals surface area contributed by atoms with Gasteiger partial charge >= 0.3 is 0 Å². The van der Waals surface area contributed by atoms with Crippen molar-refractivity contribution in [1.29, 1.82) is 5.26 Å². The summed E-state index contributed by atoms with van der Waals surface area (Å²) in [5, 5.41) is 9.02. The molecule has 0 aromatic carbocycles. The molecule has 6 heteroatoms. The summed E-state index contributed by atoms with van der Waals surface area (Å²) in [5.74, 6) is 4.44. The molecule has 3 fully saturated rings. The minimum atomic E-state index is 0.294. The highest BCUT2D eigenvalue weighted by molar-refractivity contribution is 9.11. The molecular weight excluding hydrogens is 333 g/mol. The molecule has 2 saturated heterocycles. The highest BCUT2D eigenvalue weighted by atomic mass is 79.9. The van der Waals surface area contributed by atoms with E-state index in [0.29, 0.717) is 24.5 Å². The maximum Gasteiger partial charge on any atom is 0.268 e. The Kier molecular flexibility index (Phi) is 3.92. The van der Waals surface area contributed by atoms with Crippen LogP contribution in [0, 0.1) is 23.1 Å². The third-order valence-electron chi connectivity index (χ3n) is 4.47. The zero-order chi connectivity index (χ0) is 14.3. The number of imidazole rings is 1. The molecule has 2 aromatic heterocycles. The van der Waals surface area contributed by atoms with Gasteiger partial charge in [0.05, 0.1) is 9.48 Å². The predicted octanol–water partition coefficient (Wildman–Crippen LogP) is 4.48. The molecule has 3 aliphatic rings. The van der Waals surface area contributed by atoms with E-state index in [4.69, 9.17) is 10.2 Å². The van der Waals surface area contributed by atoms with Crippen LogP contribution in [0.3, 0.4) is 0 Å². The third kappa shape index (κ3) is 2.21. The molecule has 0 N–H and O–H groups in total. The number of aromatic nitrogens is 2. The molecule has 2 unspecified atom stereocenters. The first kappa shape index (κ1) is 14.2. The average molecular weight is 350 g/mol. The summed E-state index contributed by atoms with van der Waals surface area (Å²) in [5.41, 5.74) is 1.24. The Morgan fingerprint density at radius 3 is 2.70 bits per heavy atom. The molecule has 0 radical (unpaired) electrons. The molecule has 104 valence electrons. The molecule has 2 bridgehead atoms. The highest BCUT2D eigenvalue weighted by Crippen LogP contribution is 2.56. The van der Waals surface area contributed by atoms with E-state index < -0.39 is 0 Å². The Bertz CT molecular complexity index is 615. The molecule has 2 aliphatic heterocycles. The average Bonchev–Trinajstić information content (AvgIpc) is 2.98. The quantitative estimate of drug-likeness (QED) is 0.712. The summed E-state index contributed by atoms with van der Waals surface area (Å²) in [6.07, 6.45) is 7.70. The highest BCUT2D eigenvalue weighted by Gasteiger charge is 2.50. The Hall–Kier alpha value is -0.795. The van der Waals surface area contributed by atoms with Crippen LogP contribution in [0.1, 0.15) is 31.9 Å². The van der Waals surface area contributed by atoms with Gasteiger partial charge in [0.1, 0.15) is 0 Å². The molecule has 5 rings (SSSR count). The van der Waals surface area contributed by atoms with Gasteiger partial charge in [-0.25, -0.2) is 10.2 Å². The summed E-state index contributed by atoms with van der Waals surface area (Å²) in [6, 6.07) is 0. The van der Waals surface area contributed by atoms with Gasteiger partial charge in [0.2, 0.25) is 0 Å². The van der Waals surface area contributed by atoms with Crippen molar-refractivity contribution in [3.8, 4) is 5.97 Å². The lowest BCUT2D eigenvalue weighted by atomic mass is 9.31. The van der Waals surface area contributed by atoms with E-state index in [1.165, 1.54) is 12.1 Å². The van der Waals surface area contributed by atoms with Crippen molar-refractivity contribution in [2.45, 2.75) is 38.8 Å². The lowest BCUT2D eigenvalue weighted by Gasteiger charge is -2.49. The van der Waals surface area contributed by atoms with Gasteiger partial charge in [0, 0.05) is 24.3 Å². The third-order valence-corrected chi connectivity index (χ3v) is 5.94. The van der Waals surface area contributed by atoms with Gasteiger partial charge in [0.25, 0.3) is 6.71 Å². The largest absolute Gasteiger partial charge is 0.296 e. The summed E-state index contributed by atoms with van der Waals surface area (Å²) >= 11 is 5.16. The van der Waals surface area contributed by atoms with Crippen molar-refractivity contribution in [2.75, 3.05) is 0 Å². The van der Waals surface area contributed by atoms with Gasteiger partial charge in [-0.2, -0.15) is 0 Å². The van der Waals surface area contributed by atoms with Crippen molar-refractivity contribution in [2.24, 2.45) is 11.8 Å². The van der Waals surface area contributed by atoms with Crippen LogP contribution in [0.5, 0.6) is 0 Å². The van der Waals surface area contributed by atoms with Crippen molar-refractivity contribution in [1.82, 2.24) is 9.38 Å². The van der Waals surface area contributed by atoms with Crippen LogP contribution in [0.4, 0.5) is 0 Å². The van der Waals surface area contributed by atoms with Gasteiger partial charge in [-0.05, 0) is 34.2 Å². The van der Waals surface area contributed by atoms with E-state index in [-0.39, 0.29) is 0 Å². The number of fused-ring (bicyclic) bond motifs is 3.